The van der Waals surface area contributed by atoms with Crippen LogP contribution in [-0.2, 0) is 29.2 Å². The number of anilines is 1. The molecule has 2 aromatic rings. The van der Waals surface area contributed by atoms with Gasteiger partial charge in [0.1, 0.15) is 11.9 Å². The van der Waals surface area contributed by atoms with E-state index in [1.807, 2.05) is 24.3 Å². The monoisotopic (exact) mass is 342 g/mol. The van der Waals surface area contributed by atoms with E-state index in [1.54, 1.807) is 6.07 Å². The van der Waals surface area contributed by atoms with Gasteiger partial charge in [0.2, 0.25) is 11.8 Å². The molecule has 2 amide bonds. The van der Waals surface area contributed by atoms with Crippen molar-refractivity contribution in [3.05, 3.63) is 65.0 Å². The van der Waals surface area contributed by atoms with Gasteiger partial charge in [-0.15, -0.1) is 0 Å². The molecule has 1 atom stereocenters. The second-order valence-electron chi connectivity index (χ2n) is 6.04. The number of aliphatic hydroxyl groups excluding tert-OH is 1. The minimum Gasteiger partial charge on any atom is -0.392 e. The van der Waals surface area contributed by atoms with Crippen LogP contribution < -0.4 is 10.2 Å². The highest BCUT2D eigenvalue weighted by molar-refractivity contribution is 6.02. The van der Waals surface area contributed by atoms with Crippen molar-refractivity contribution in [1.82, 2.24) is 5.32 Å². The molecule has 130 valence electrons. The molecule has 1 aliphatic rings. The number of amides is 2. The molecule has 0 radical (unpaired) electrons. The summed E-state index contributed by atoms with van der Waals surface area (Å²) in [5, 5.41) is 11.9. The van der Waals surface area contributed by atoms with Crippen LogP contribution in [0, 0.1) is 5.82 Å². The molecule has 0 bridgehead atoms. The molecule has 0 unspecified atom stereocenters. The number of hydrogen-bond acceptors (Lipinski definition) is 3. The summed E-state index contributed by atoms with van der Waals surface area (Å²) in [6, 6.07) is 11.2. The first-order chi connectivity index (χ1) is 12.0. The Hall–Kier alpha value is -2.73. The van der Waals surface area contributed by atoms with Gasteiger partial charge in [-0.3, -0.25) is 14.5 Å². The van der Waals surface area contributed by atoms with E-state index in [-0.39, 0.29) is 23.9 Å². The van der Waals surface area contributed by atoms with Crippen molar-refractivity contribution < 1.29 is 19.1 Å². The lowest BCUT2D eigenvalue weighted by Gasteiger charge is -2.23. The Morgan fingerprint density at radius 3 is 2.76 bits per heavy atom. The van der Waals surface area contributed by atoms with Crippen LogP contribution >= 0.6 is 0 Å². The minimum absolute atomic E-state index is 0.186. The predicted molar refractivity (Wildman–Crippen MR) is 91.3 cm³/mol. The predicted octanol–water partition coefficient (Wildman–Crippen LogP) is 1.91. The van der Waals surface area contributed by atoms with Crippen molar-refractivity contribution in [3.63, 3.8) is 0 Å². The van der Waals surface area contributed by atoms with Crippen LogP contribution in [0.4, 0.5) is 10.1 Å². The lowest BCUT2D eigenvalue weighted by molar-refractivity contribution is -0.125. The highest BCUT2D eigenvalue weighted by atomic mass is 19.1. The molecule has 2 N–H and O–H groups in total. The van der Waals surface area contributed by atoms with E-state index in [4.69, 9.17) is 5.11 Å². The molecule has 3 rings (SSSR count). The van der Waals surface area contributed by atoms with Gasteiger partial charge < -0.3 is 10.4 Å². The van der Waals surface area contributed by atoms with Gasteiger partial charge in [0.25, 0.3) is 0 Å². The fourth-order valence-corrected chi connectivity index (χ4v) is 3.15. The summed E-state index contributed by atoms with van der Waals surface area (Å²) in [5.74, 6) is -0.928. The second-order valence-corrected chi connectivity index (χ2v) is 6.04. The van der Waals surface area contributed by atoms with Crippen LogP contribution in [0.5, 0.6) is 0 Å². The lowest BCUT2D eigenvalue weighted by atomic mass is 10.1. The Labute approximate surface area is 145 Å². The van der Waals surface area contributed by atoms with Gasteiger partial charge in [0.15, 0.2) is 0 Å². The van der Waals surface area contributed by atoms with Gasteiger partial charge >= 0.3 is 0 Å². The summed E-state index contributed by atoms with van der Waals surface area (Å²) < 4.78 is 13.4. The van der Waals surface area contributed by atoms with Crippen molar-refractivity contribution in [2.24, 2.45) is 0 Å². The van der Waals surface area contributed by atoms with Gasteiger partial charge in [-0.1, -0.05) is 24.3 Å². The number of nitrogens with one attached hydrogen (secondary N) is 1. The van der Waals surface area contributed by atoms with Gasteiger partial charge in [-0.25, -0.2) is 4.39 Å². The van der Waals surface area contributed by atoms with Crippen LogP contribution in [0.3, 0.4) is 0 Å². The zero-order valence-electron chi connectivity index (χ0n) is 13.8. The summed E-state index contributed by atoms with van der Waals surface area (Å²) in [6.07, 6.45) is 0.465. The largest absolute Gasteiger partial charge is 0.392 e. The number of carbonyl (C=O) groups excluding carboxylic acids is 2. The number of para-hydroxylation sites is 1. The maximum atomic E-state index is 13.4. The van der Waals surface area contributed by atoms with Crippen molar-refractivity contribution in [1.29, 1.82) is 0 Å². The smallest absolute Gasteiger partial charge is 0.243 e. The third-order valence-electron chi connectivity index (χ3n) is 4.37. The molecule has 6 heteroatoms. The standard InChI is InChI=1S/C19H19FN2O3/c1-12(24)22-17-5-3-2-4-14(17)9-18(22)19(25)21-10-13-6-7-16(20)15(8-13)11-23/h2-8,18,23H,9-11H2,1H3,(H,21,25)/t18-/m0/s1. The molecule has 0 saturated carbocycles. The van der Waals surface area contributed by atoms with Gasteiger partial charge in [-0.05, 0) is 29.3 Å². The van der Waals surface area contributed by atoms with Crippen LogP contribution in [-0.4, -0.2) is 23.0 Å². The fraction of sp³-hybridized carbons (Fsp3) is 0.263. The Morgan fingerprint density at radius 2 is 2.04 bits per heavy atom. The third-order valence-corrected chi connectivity index (χ3v) is 4.37. The van der Waals surface area contributed by atoms with Crippen molar-refractivity contribution >= 4 is 17.5 Å². The number of nitrogens with zero attached hydrogens (tertiary/aromatic N) is 1. The topological polar surface area (TPSA) is 69.6 Å². The maximum Gasteiger partial charge on any atom is 0.243 e. The first kappa shape index (κ1) is 17.1. The van der Waals surface area contributed by atoms with E-state index in [0.29, 0.717) is 12.0 Å². The molecule has 0 fully saturated rings. The zero-order chi connectivity index (χ0) is 18.0. The fourth-order valence-electron chi connectivity index (χ4n) is 3.15. The number of halogens is 1. The molecule has 1 heterocycles. The van der Waals surface area contributed by atoms with Crippen LogP contribution in [0.25, 0.3) is 0 Å². The number of rotatable bonds is 4. The van der Waals surface area contributed by atoms with Crippen LogP contribution in [0.1, 0.15) is 23.6 Å². The normalized spacial score (nSPS) is 15.8. The summed E-state index contributed by atoms with van der Waals surface area (Å²) in [4.78, 5) is 26.1. The number of hydrogen-bond donors (Lipinski definition) is 2. The molecule has 0 aliphatic carbocycles. The Kier molecular flexibility index (Phi) is 4.81. The van der Waals surface area contributed by atoms with E-state index < -0.39 is 18.5 Å². The van der Waals surface area contributed by atoms with Crippen molar-refractivity contribution in [2.75, 3.05) is 4.90 Å². The molecule has 5 nitrogen and oxygen atoms in total. The molecular formula is C19H19FN2O3. The number of aliphatic hydroxyl groups is 1. The number of fused-ring (bicyclic) bond motifs is 1. The SMILES string of the molecule is CC(=O)N1c2ccccc2C[C@H]1C(=O)NCc1ccc(F)c(CO)c1. The minimum atomic E-state index is -0.590. The molecule has 0 saturated heterocycles. The Bertz CT molecular complexity index is 822. The number of carbonyl (C=O) groups is 2. The molecule has 2 aromatic carbocycles. The molecule has 0 aromatic heterocycles. The second kappa shape index (κ2) is 7.03. The van der Waals surface area contributed by atoms with Crippen LogP contribution in [0.15, 0.2) is 42.5 Å². The third kappa shape index (κ3) is 3.39. The zero-order valence-corrected chi connectivity index (χ0v) is 13.8. The molecule has 1 aliphatic heterocycles. The highest BCUT2D eigenvalue weighted by Gasteiger charge is 2.36. The number of benzene rings is 2. The Balaban J connectivity index is 1.72. The first-order valence-corrected chi connectivity index (χ1v) is 8.05. The van der Waals surface area contributed by atoms with E-state index in [0.717, 1.165) is 11.3 Å². The van der Waals surface area contributed by atoms with Crippen LogP contribution in [0.2, 0.25) is 0 Å². The quantitative estimate of drug-likeness (QED) is 0.892. The Morgan fingerprint density at radius 1 is 1.28 bits per heavy atom. The van der Waals surface area contributed by atoms with Crippen molar-refractivity contribution in [2.45, 2.75) is 32.5 Å². The van der Waals surface area contributed by atoms with E-state index in [1.165, 1.54) is 24.0 Å². The summed E-state index contributed by atoms with van der Waals surface area (Å²) >= 11 is 0. The maximum absolute atomic E-state index is 13.4. The van der Waals surface area contributed by atoms with Gasteiger partial charge in [0, 0.05) is 31.1 Å². The molecule has 0 spiro atoms. The van der Waals surface area contributed by atoms with Gasteiger partial charge in [0.05, 0.1) is 6.61 Å². The van der Waals surface area contributed by atoms with Crippen molar-refractivity contribution in [3.8, 4) is 0 Å². The summed E-state index contributed by atoms with van der Waals surface area (Å²) in [7, 11) is 0. The van der Waals surface area contributed by atoms with Gasteiger partial charge in [-0.2, -0.15) is 0 Å². The highest BCUT2D eigenvalue weighted by Crippen LogP contribution is 2.32. The lowest BCUT2D eigenvalue weighted by Crippen LogP contribution is -2.47. The summed E-state index contributed by atoms with van der Waals surface area (Å²) in [6.45, 7) is 1.24. The van der Waals surface area contributed by atoms with E-state index in [2.05, 4.69) is 5.32 Å². The average Bonchev–Trinajstić information content (AvgIpc) is 3.00. The summed E-state index contributed by atoms with van der Waals surface area (Å²) in [5.41, 5.74) is 2.59. The van der Waals surface area contributed by atoms with E-state index >= 15 is 0 Å². The first-order valence-electron chi connectivity index (χ1n) is 8.05. The molecular weight excluding hydrogens is 323 g/mol. The van der Waals surface area contributed by atoms with E-state index in [9.17, 15) is 14.0 Å². The molecule has 25 heavy (non-hydrogen) atoms. The average molecular weight is 342 g/mol.